The van der Waals surface area contributed by atoms with Gasteiger partial charge in [0.05, 0.1) is 18.3 Å². The van der Waals surface area contributed by atoms with E-state index in [4.69, 9.17) is 9.16 Å². The smallest absolute Gasteiger partial charge is 0.408 e. The first-order valence-corrected chi connectivity index (χ1v) is 12.2. The molecule has 3 aromatic carbocycles. The summed E-state index contributed by atoms with van der Waals surface area (Å²) in [5, 5.41) is 13.3. The maximum Gasteiger partial charge on any atom is 0.416 e. The highest BCUT2D eigenvalue weighted by Crippen LogP contribution is 2.41. The van der Waals surface area contributed by atoms with Crippen LogP contribution in [-0.4, -0.2) is 26.9 Å². The van der Waals surface area contributed by atoms with Gasteiger partial charge in [0.25, 0.3) is 0 Å². The van der Waals surface area contributed by atoms with Gasteiger partial charge in [-0.05, 0) is 28.4 Å². The van der Waals surface area contributed by atoms with Gasteiger partial charge in [-0.15, -0.1) is 0 Å². The first-order chi connectivity index (χ1) is 15.3. The Labute approximate surface area is 187 Å². The number of halogens is 3. The van der Waals surface area contributed by atoms with Crippen molar-refractivity contribution in [3.63, 3.8) is 0 Å². The second-order valence-electron chi connectivity index (χ2n) is 8.23. The van der Waals surface area contributed by atoms with Crippen molar-refractivity contribution in [1.82, 2.24) is 0 Å². The van der Waals surface area contributed by atoms with Gasteiger partial charge in [0.2, 0.25) is 9.04 Å². The van der Waals surface area contributed by atoms with E-state index in [0.717, 1.165) is 22.5 Å². The van der Waals surface area contributed by atoms with Crippen molar-refractivity contribution in [2.75, 3.05) is 6.61 Å². The Balaban J connectivity index is 1.48. The number of alkyl halides is 3. The molecule has 1 saturated heterocycles. The molecule has 4 rings (SSSR count). The molecule has 0 saturated carbocycles. The van der Waals surface area contributed by atoms with Gasteiger partial charge in [-0.25, -0.2) is 0 Å². The molecule has 1 fully saturated rings. The van der Waals surface area contributed by atoms with Gasteiger partial charge in [0.15, 0.2) is 5.79 Å². The highest BCUT2D eigenvalue weighted by atomic mass is 28.3. The maximum absolute atomic E-state index is 12.9. The number of aliphatic hydroxyl groups is 1. The van der Waals surface area contributed by atoms with Crippen LogP contribution in [-0.2, 0) is 21.1 Å². The number of hydrogen-bond donors (Lipinski definition) is 1. The molecule has 0 aromatic heterocycles. The fourth-order valence-corrected chi connectivity index (χ4v) is 6.41. The largest absolute Gasteiger partial charge is 0.416 e. The van der Waals surface area contributed by atoms with Crippen LogP contribution in [0.15, 0.2) is 84.9 Å². The summed E-state index contributed by atoms with van der Waals surface area (Å²) in [6.45, 7) is 2.25. The monoisotopic (exact) mass is 458 g/mol. The minimum Gasteiger partial charge on any atom is -0.408 e. The molecule has 3 aromatic rings. The van der Waals surface area contributed by atoms with E-state index < -0.39 is 26.6 Å². The predicted molar refractivity (Wildman–Crippen MR) is 119 cm³/mol. The van der Waals surface area contributed by atoms with Crippen molar-refractivity contribution in [3.05, 3.63) is 96.1 Å². The Morgan fingerprint density at radius 3 is 1.97 bits per heavy atom. The zero-order valence-corrected chi connectivity index (χ0v) is 18.8. The van der Waals surface area contributed by atoms with Crippen LogP contribution in [0.1, 0.15) is 24.5 Å². The van der Waals surface area contributed by atoms with Crippen molar-refractivity contribution in [1.29, 1.82) is 0 Å². The zero-order chi connectivity index (χ0) is 22.8. The van der Waals surface area contributed by atoms with Gasteiger partial charge in [-0.1, -0.05) is 79.7 Å². The summed E-state index contributed by atoms with van der Waals surface area (Å²) in [5.41, 5.74) is -0.435. The van der Waals surface area contributed by atoms with Crippen LogP contribution < -0.4 is 10.4 Å². The lowest BCUT2D eigenvalue weighted by Gasteiger charge is -2.25. The molecular formula is C25H25F3O3Si. The average Bonchev–Trinajstić information content (AvgIpc) is 3.09. The third-order valence-electron chi connectivity index (χ3n) is 5.87. The molecule has 0 spiro atoms. The van der Waals surface area contributed by atoms with Gasteiger partial charge >= 0.3 is 6.18 Å². The highest BCUT2D eigenvalue weighted by Gasteiger charge is 2.45. The van der Waals surface area contributed by atoms with Gasteiger partial charge in [0.1, 0.15) is 0 Å². The number of hydrogen-bond acceptors (Lipinski definition) is 3. The van der Waals surface area contributed by atoms with Crippen molar-refractivity contribution in [3.8, 4) is 0 Å². The van der Waals surface area contributed by atoms with E-state index in [9.17, 15) is 18.3 Å². The molecule has 168 valence electrons. The lowest BCUT2D eigenvalue weighted by molar-refractivity contribution is -0.205. The van der Waals surface area contributed by atoms with E-state index >= 15 is 0 Å². The minimum atomic E-state index is -4.42. The second kappa shape index (κ2) is 9.19. The normalized spacial score (nSPS) is 23.6. The number of ether oxygens (including phenoxy) is 1. The van der Waals surface area contributed by atoms with Crippen molar-refractivity contribution < 1.29 is 27.4 Å². The lowest BCUT2D eigenvalue weighted by Crippen LogP contribution is -2.46. The molecule has 32 heavy (non-hydrogen) atoms. The highest BCUT2D eigenvalue weighted by molar-refractivity contribution is 6.80. The SMILES string of the molecule is CC1CC(O)(c2ccc(C(F)(F)F)cc2)OC1CO[SiH](c1ccccc1)c1ccccc1. The summed E-state index contributed by atoms with van der Waals surface area (Å²) >= 11 is 0. The summed E-state index contributed by atoms with van der Waals surface area (Å²) in [4.78, 5) is 0. The topological polar surface area (TPSA) is 38.7 Å². The van der Waals surface area contributed by atoms with Crippen LogP contribution in [0.2, 0.25) is 0 Å². The molecule has 3 unspecified atom stereocenters. The van der Waals surface area contributed by atoms with Gasteiger partial charge in [0, 0.05) is 12.0 Å². The van der Waals surface area contributed by atoms with Crippen LogP contribution in [0.25, 0.3) is 0 Å². The lowest BCUT2D eigenvalue weighted by atomic mass is 9.95. The fraction of sp³-hybridized carbons (Fsp3) is 0.280. The first-order valence-electron chi connectivity index (χ1n) is 10.6. The minimum absolute atomic E-state index is 0.0245. The van der Waals surface area contributed by atoms with E-state index in [2.05, 4.69) is 24.3 Å². The van der Waals surface area contributed by atoms with Crippen molar-refractivity contribution in [2.24, 2.45) is 5.92 Å². The zero-order valence-electron chi connectivity index (χ0n) is 17.6. The molecule has 7 heteroatoms. The number of rotatable bonds is 6. The van der Waals surface area contributed by atoms with E-state index in [1.807, 2.05) is 43.3 Å². The summed E-state index contributed by atoms with van der Waals surface area (Å²) < 4.78 is 51.0. The Morgan fingerprint density at radius 2 is 1.47 bits per heavy atom. The first kappa shape index (κ1) is 22.7. The van der Waals surface area contributed by atoms with Crippen LogP contribution in [0, 0.1) is 5.92 Å². The van der Waals surface area contributed by atoms with Crippen LogP contribution in [0.4, 0.5) is 13.2 Å². The van der Waals surface area contributed by atoms with Gasteiger partial charge < -0.3 is 14.3 Å². The summed E-state index contributed by atoms with van der Waals surface area (Å²) in [7, 11) is -1.96. The molecule has 3 nitrogen and oxygen atoms in total. The van der Waals surface area contributed by atoms with Crippen molar-refractivity contribution >= 4 is 19.4 Å². The average molecular weight is 459 g/mol. The Morgan fingerprint density at radius 1 is 0.938 bits per heavy atom. The van der Waals surface area contributed by atoms with E-state index in [1.165, 1.54) is 12.1 Å². The van der Waals surface area contributed by atoms with E-state index in [1.54, 1.807) is 0 Å². The quantitative estimate of drug-likeness (QED) is 0.571. The summed E-state index contributed by atoms with van der Waals surface area (Å²) in [6.07, 6.45) is -4.50. The van der Waals surface area contributed by atoms with E-state index in [-0.39, 0.29) is 18.4 Å². The molecular weight excluding hydrogens is 433 g/mol. The van der Waals surface area contributed by atoms with Crippen molar-refractivity contribution in [2.45, 2.75) is 31.4 Å². The summed E-state index contributed by atoms with van der Waals surface area (Å²) in [6, 6.07) is 24.6. The number of benzene rings is 3. The molecule has 1 aliphatic heterocycles. The van der Waals surface area contributed by atoms with Crippen LogP contribution >= 0.6 is 0 Å². The molecule has 1 aliphatic rings. The van der Waals surface area contributed by atoms with Crippen LogP contribution in [0.3, 0.4) is 0 Å². The Hall–Kier alpha value is -2.45. The fourth-order valence-electron chi connectivity index (χ4n) is 4.12. The van der Waals surface area contributed by atoms with E-state index in [0.29, 0.717) is 12.2 Å². The molecule has 1 N–H and O–H groups in total. The Bertz CT molecular complexity index is 973. The standard InChI is InChI=1S/C25H25F3O3Si/c1-18-16-24(29,19-12-14-20(15-13-19)25(26,27)28)31-23(18)17-30-32(21-8-4-2-5-9-21)22-10-6-3-7-11-22/h2-15,18,23,29,32H,16-17H2,1H3. The molecule has 0 bridgehead atoms. The molecule has 0 radical (unpaired) electrons. The predicted octanol–water partition coefficient (Wildman–Crippen LogP) is 3.83. The molecule has 0 aliphatic carbocycles. The third kappa shape index (κ3) is 4.96. The van der Waals surface area contributed by atoms with Gasteiger partial charge in [-0.3, -0.25) is 0 Å². The summed E-state index contributed by atoms with van der Waals surface area (Å²) in [5.74, 6) is -1.66. The third-order valence-corrected chi connectivity index (χ3v) is 8.38. The van der Waals surface area contributed by atoms with Gasteiger partial charge in [-0.2, -0.15) is 13.2 Å². The molecule has 1 heterocycles. The molecule has 0 amide bonds. The Kier molecular flexibility index (Phi) is 6.53. The second-order valence-corrected chi connectivity index (χ2v) is 10.7. The maximum atomic E-state index is 12.9. The van der Waals surface area contributed by atoms with Crippen LogP contribution in [0.5, 0.6) is 0 Å². The molecule has 3 atom stereocenters.